The minimum atomic E-state index is -0.410. The van der Waals surface area contributed by atoms with E-state index in [1.807, 2.05) is 16.9 Å². The second-order valence-corrected chi connectivity index (χ2v) is 9.28. The van der Waals surface area contributed by atoms with Gasteiger partial charge in [0.05, 0.1) is 41.3 Å². The number of nitrogens with zero attached hydrogens (tertiary/aromatic N) is 6. The Morgan fingerprint density at radius 2 is 2.03 bits per heavy atom. The number of hydrogen-bond donors (Lipinski definition) is 1. The highest BCUT2D eigenvalue weighted by molar-refractivity contribution is 5.98. The van der Waals surface area contributed by atoms with Crippen LogP contribution in [0.5, 0.6) is 0 Å². The van der Waals surface area contributed by atoms with Gasteiger partial charge in [0.1, 0.15) is 11.9 Å². The van der Waals surface area contributed by atoms with E-state index in [1.54, 1.807) is 47.6 Å². The number of carbonyl (C=O) groups excluding carboxylic acids is 1. The van der Waals surface area contributed by atoms with E-state index in [0.29, 0.717) is 47.5 Å². The highest BCUT2D eigenvalue weighted by atomic mass is 19.1. The molecule has 0 saturated heterocycles. The van der Waals surface area contributed by atoms with Crippen LogP contribution in [0.15, 0.2) is 61.1 Å². The molecule has 0 atom stereocenters. The molecule has 0 spiro atoms. The number of hydrogen-bond acceptors (Lipinski definition) is 6. The maximum atomic E-state index is 14.1. The molecule has 8 nitrogen and oxygen atoms in total. The minimum absolute atomic E-state index is 0.0620. The monoisotopic (exact) mass is 509 g/mol. The van der Waals surface area contributed by atoms with Crippen LogP contribution in [-0.4, -0.2) is 32.2 Å². The number of amides is 1. The van der Waals surface area contributed by atoms with Crippen LogP contribution >= 0.6 is 0 Å². The highest BCUT2D eigenvalue weighted by Crippen LogP contribution is 2.36. The van der Waals surface area contributed by atoms with Crippen molar-refractivity contribution in [1.29, 1.82) is 5.26 Å². The molecule has 4 aromatic rings. The van der Waals surface area contributed by atoms with Gasteiger partial charge < -0.3 is 10.2 Å². The first-order valence-electron chi connectivity index (χ1n) is 12.8. The van der Waals surface area contributed by atoms with Gasteiger partial charge in [-0.15, -0.1) is 0 Å². The summed E-state index contributed by atoms with van der Waals surface area (Å²) < 4.78 is 16.1. The average molecular weight is 510 g/mol. The number of fused-ring (bicyclic) bond motifs is 1. The van der Waals surface area contributed by atoms with Gasteiger partial charge in [0.25, 0.3) is 0 Å². The topological polar surface area (TPSA) is 99.7 Å². The molecule has 3 heterocycles. The fourth-order valence-corrected chi connectivity index (χ4v) is 4.90. The summed E-state index contributed by atoms with van der Waals surface area (Å²) in [6, 6.07) is 14.3. The van der Waals surface area contributed by atoms with Gasteiger partial charge >= 0.3 is 0 Å². The fraction of sp³-hybridized carbons (Fsp3) is 0.276. The molecule has 0 unspecified atom stereocenters. The molecule has 0 fully saturated rings. The summed E-state index contributed by atoms with van der Waals surface area (Å²) in [6.45, 7) is 4.72. The zero-order valence-electron chi connectivity index (χ0n) is 21.4. The standard InChI is InChI=1S/C29H28FN7O/c1-3-24(4-2)37-18-23(17-33-37)34-29-32-11-9-26(35-29)21-13-20-10-12-36(28(20)22(14-21)16-31)27(38)15-19-7-5-6-8-25(19)30/h5-9,11,13-14,17-18,24H,3-4,10,12,15H2,1-2H3,(H,32,34,35). The fourth-order valence-electron chi connectivity index (χ4n) is 4.90. The Labute approximate surface area is 220 Å². The van der Waals surface area contributed by atoms with Gasteiger partial charge in [0.2, 0.25) is 11.9 Å². The summed E-state index contributed by atoms with van der Waals surface area (Å²) in [5.41, 5.74) is 4.43. The molecular weight excluding hydrogens is 481 g/mol. The van der Waals surface area contributed by atoms with Gasteiger partial charge in [0, 0.05) is 24.5 Å². The smallest absolute Gasteiger partial charge is 0.231 e. The van der Waals surface area contributed by atoms with E-state index in [4.69, 9.17) is 0 Å². The lowest BCUT2D eigenvalue weighted by atomic mass is 10.0. The zero-order chi connectivity index (χ0) is 26.6. The summed E-state index contributed by atoms with van der Waals surface area (Å²) in [5.74, 6) is -0.222. The molecule has 0 saturated carbocycles. The first-order valence-corrected chi connectivity index (χ1v) is 12.8. The van der Waals surface area contributed by atoms with Crippen molar-refractivity contribution in [2.75, 3.05) is 16.8 Å². The lowest BCUT2D eigenvalue weighted by Crippen LogP contribution is -2.31. The number of rotatable bonds is 8. The Morgan fingerprint density at radius 3 is 2.79 bits per heavy atom. The Kier molecular flexibility index (Phi) is 7.13. The third-order valence-electron chi connectivity index (χ3n) is 6.91. The molecule has 9 heteroatoms. The Hall–Kier alpha value is -4.58. The van der Waals surface area contributed by atoms with Crippen LogP contribution in [0.4, 0.5) is 21.7 Å². The summed E-state index contributed by atoms with van der Waals surface area (Å²) >= 11 is 0. The van der Waals surface area contributed by atoms with Gasteiger partial charge in [0.15, 0.2) is 0 Å². The molecule has 1 aliphatic rings. The van der Waals surface area contributed by atoms with Gasteiger partial charge in [-0.2, -0.15) is 10.4 Å². The van der Waals surface area contributed by atoms with Crippen LogP contribution in [0.25, 0.3) is 11.3 Å². The predicted octanol–water partition coefficient (Wildman–Crippen LogP) is 5.59. The second-order valence-electron chi connectivity index (χ2n) is 9.28. The molecule has 5 rings (SSSR count). The number of benzene rings is 2. The van der Waals surface area contributed by atoms with Gasteiger partial charge in [-0.3, -0.25) is 9.48 Å². The largest absolute Gasteiger partial charge is 0.321 e. The summed E-state index contributed by atoms with van der Waals surface area (Å²) in [6.07, 6.45) is 7.90. The zero-order valence-corrected chi connectivity index (χ0v) is 21.4. The van der Waals surface area contributed by atoms with E-state index in [0.717, 1.165) is 29.7 Å². The van der Waals surface area contributed by atoms with Crippen molar-refractivity contribution < 1.29 is 9.18 Å². The van der Waals surface area contributed by atoms with E-state index in [1.165, 1.54) is 6.07 Å². The Balaban J connectivity index is 1.39. The minimum Gasteiger partial charge on any atom is -0.321 e. The molecular formula is C29H28FN7O. The van der Waals surface area contributed by atoms with Gasteiger partial charge in [-0.05, 0) is 54.7 Å². The summed E-state index contributed by atoms with van der Waals surface area (Å²) in [7, 11) is 0. The molecule has 1 aliphatic heterocycles. The molecule has 0 radical (unpaired) electrons. The predicted molar refractivity (Wildman–Crippen MR) is 143 cm³/mol. The third kappa shape index (κ3) is 4.98. The van der Waals surface area contributed by atoms with Crippen molar-refractivity contribution in [2.45, 2.75) is 45.6 Å². The molecule has 2 aromatic heterocycles. The molecule has 38 heavy (non-hydrogen) atoms. The maximum Gasteiger partial charge on any atom is 0.231 e. The Bertz CT molecular complexity index is 1520. The van der Waals surface area contributed by atoms with E-state index >= 15 is 0 Å². The first kappa shape index (κ1) is 25.1. The van der Waals surface area contributed by atoms with Crippen molar-refractivity contribution in [1.82, 2.24) is 19.7 Å². The third-order valence-corrected chi connectivity index (χ3v) is 6.91. The van der Waals surface area contributed by atoms with Crippen LogP contribution in [0.2, 0.25) is 0 Å². The molecule has 1 amide bonds. The molecule has 1 N–H and O–H groups in total. The number of nitriles is 1. The number of carbonyl (C=O) groups is 1. The molecule has 2 aromatic carbocycles. The summed E-state index contributed by atoms with van der Waals surface area (Å²) in [4.78, 5) is 23.7. The van der Waals surface area contributed by atoms with Crippen molar-refractivity contribution >= 4 is 23.2 Å². The van der Waals surface area contributed by atoms with Crippen molar-refractivity contribution in [3.63, 3.8) is 0 Å². The lowest BCUT2D eigenvalue weighted by Gasteiger charge is -2.19. The van der Waals surface area contributed by atoms with Crippen LogP contribution in [-0.2, 0) is 17.6 Å². The quantitative estimate of drug-likeness (QED) is 0.333. The van der Waals surface area contributed by atoms with Crippen molar-refractivity contribution in [3.05, 3.63) is 83.6 Å². The lowest BCUT2D eigenvalue weighted by molar-refractivity contribution is -0.117. The van der Waals surface area contributed by atoms with Gasteiger partial charge in [-0.1, -0.05) is 32.0 Å². The van der Waals surface area contributed by atoms with Crippen molar-refractivity contribution in [3.8, 4) is 17.3 Å². The first-order chi connectivity index (χ1) is 18.5. The molecule has 0 bridgehead atoms. The number of aromatic nitrogens is 4. The van der Waals surface area contributed by atoms with Gasteiger partial charge in [-0.25, -0.2) is 14.4 Å². The normalized spacial score (nSPS) is 12.4. The average Bonchev–Trinajstić information content (AvgIpc) is 3.58. The van der Waals surface area contributed by atoms with Crippen LogP contribution in [0.1, 0.15) is 49.4 Å². The number of halogens is 1. The highest BCUT2D eigenvalue weighted by Gasteiger charge is 2.29. The molecule has 0 aliphatic carbocycles. The van der Waals surface area contributed by atoms with Crippen LogP contribution in [0.3, 0.4) is 0 Å². The van der Waals surface area contributed by atoms with Crippen molar-refractivity contribution in [2.24, 2.45) is 0 Å². The van der Waals surface area contributed by atoms with E-state index in [2.05, 4.69) is 40.3 Å². The molecule has 192 valence electrons. The number of anilines is 3. The summed E-state index contributed by atoms with van der Waals surface area (Å²) in [5, 5.41) is 17.6. The SMILES string of the molecule is CCC(CC)n1cc(Nc2nccc(-c3cc(C#N)c4c(c3)CCN4C(=O)Cc3ccccc3F)n2)cn1. The maximum absolute atomic E-state index is 14.1. The van der Waals surface area contributed by atoms with E-state index in [9.17, 15) is 14.4 Å². The van der Waals surface area contributed by atoms with E-state index in [-0.39, 0.29) is 12.3 Å². The van der Waals surface area contributed by atoms with Crippen LogP contribution in [0, 0.1) is 17.1 Å². The van der Waals surface area contributed by atoms with E-state index < -0.39 is 5.82 Å². The van der Waals surface area contributed by atoms with Crippen LogP contribution < -0.4 is 10.2 Å². The Morgan fingerprint density at radius 1 is 1.21 bits per heavy atom. The number of nitrogens with one attached hydrogen (secondary N) is 1. The second kappa shape index (κ2) is 10.8.